The Kier molecular flexibility index (Phi) is 18.9. The zero-order valence-electron chi connectivity index (χ0n) is 37.6. The van der Waals surface area contributed by atoms with Crippen LogP contribution in [0, 0.1) is 23.7 Å². The van der Waals surface area contributed by atoms with Crippen molar-refractivity contribution < 1.29 is 4.74 Å². The number of aryl methyl sites for hydroxylation is 2. The Labute approximate surface area is 359 Å². The number of nitrogens with zero attached hydrogens (tertiary/aromatic N) is 4. The van der Waals surface area contributed by atoms with Crippen LogP contribution in [0.4, 0.5) is 0 Å². The zero-order chi connectivity index (χ0) is 41.1. The highest BCUT2D eigenvalue weighted by molar-refractivity contribution is 5.56. The van der Waals surface area contributed by atoms with E-state index in [0.717, 1.165) is 60.3 Å². The molecule has 2 fully saturated rings. The molecule has 2 heterocycles. The predicted octanol–water partition coefficient (Wildman–Crippen LogP) is 15.6. The van der Waals surface area contributed by atoms with Crippen LogP contribution < -0.4 is 0 Å². The lowest BCUT2D eigenvalue weighted by Crippen LogP contribution is -2.28. The maximum absolute atomic E-state index is 7.74. The lowest BCUT2D eigenvalue weighted by molar-refractivity contribution is -0.0907. The first-order valence-corrected chi connectivity index (χ1v) is 24.6. The van der Waals surface area contributed by atoms with E-state index >= 15 is 0 Å². The molecular weight excluding hydrogens is 721 g/mol. The molecule has 0 amide bonds. The van der Waals surface area contributed by atoms with E-state index in [9.17, 15) is 0 Å². The predicted molar refractivity (Wildman–Crippen MR) is 247 cm³/mol. The Morgan fingerprint density at radius 1 is 0.441 bits per heavy atom. The third-order valence-electron chi connectivity index (χ3n) is 13.8. The van der Waals surface area contributed by atoms with Gasteiger partial charge in [-0.15, -0.1) is 0 Å². The Hall–Kier alpha value is -3.44. The lowest BCUT2D eigenvalue weighted by atomic mass is 9.74. The maximum Gasteiger partial charge on any atom is 0.159 e. The smallest absolute Gasteiger partial charge is 0.159 e. The first kappa shape index (κ1) is 45.1. The van der Waals surface area contributed by atoms with E-state index in [1.807, 2.05) is 24.8 Å². The van der Waals surface area contributed by atoms with Crippen LogP contribution in [-0.4, -0.2) is 19.9 Å². The molecule has 0 N–H and O–H groups in total. The molecule has 6 rings (SSSR count). The van der Waals surface area contributed by atoms with Crippen molar-refractivity contribution in [2.24, 2.45) is 23.7 Å². The van der Waals surface area contributed by atoms with Gasteiger partial charge in [0.2, 0.25) is 0 Å². The molecule has 59 heavy (non-hydrogen) atoms. The molecule has 0 aliphatic heterocycles. The summed E-state index contributed by atoms with van der Waals surface area (Å²) in [5.41, 5.74) is 7.18. The molecule has 0 spiro atoms. The van der Waals surface area contributed by atoms with Gasteiger partial charge in [0.15, 0.2) is 11.6 Å². The summed E-state index contributed by atoms with van der Waals surface area (Å²) in [6, 6.07) is 18.3. The van der Waals surface area contributed by atoms with Crippen LogP contribution in [0.25, 0.3) is 22.8 Å². The molecule has 2 aliphatic carbocycles. The summed E-state index contributed by atoms with van der Waals surface area (Å²) in [5, 5.41) is 0. The molecule has 0 bridgehead atoms. The van der Waals surface area contributed by atoms with Crippen molar-refractivity contribution in [3.63, 3.8) is 0 Å². The first-order valence-electron chi connectivity index (χ1n) is 24.6. The molecule has 5 heteroatoms. The molecule has 2 aliphatic rings. The Morgan fingerprint density at radius 2 is 0.797 bits per heavy atom. The van der Waals surface area contributed by atoms with Gasteiger partial charge in [0.1, 0.15) is 0 Å². The van der Waals surface area contributed by atoms with Crippen molar-refractivity contribution >= 4 is 0 Å². The fourth-order valence-electron chi connectivity index (χ4n) is 10.2. The topological polar surface area (TPSA) is 60.8 Å². The molecule has 2 atom stereocenters. The number of rotatable bonds is 24. The van der Waals surface area contributed by atoms with Crippen LogP contribution in [0.1, 0.15) is 203 Å². The third kappa shape index (κ3) is 13.8. The minimum Gasteiger partial charge on any atom is -0.365 e. The van der Waals surface area contributed by atoms with Gasteiger partial charge in [-0.05, 0) is 84.5 Å². The Balaban J connectivity index is 1.24. The van der Waals surface area contributed by atoms with Crippen molar-refractivity contribution in [1.82, 2.24) is 19.9 Å². The van der Waals surface area contributed by atoms with E-state index < -0.39 is 0 Å². The highest BCUT2D eigenvalue weighted by atomic mass is 16.5. The third-order valence-corrected chi connectivity index (χ3v) is 13.8. The summed E-state index contributed by atoms with van der Waals surface area (Å²) in [5.74, 6) is 4.36. The van der Waals surface area contributed by atoms with Crippen molar-refractivity contribution in [3.05, 3.63) is 95.6 Å². The van der Waals surface area contributed by atoms with Crippen molar-refractivity contribution in [2.75, 3.05) is 0 Å². The van der Waals surface area contributed by atoms with E-state index in [1.165, 1.54) is 151 Å². The molecule has 320 valence electrons. The summed E-state index contributed by atoms with van der Waals surface area (Å²) in [6.07, 6.45) is 39.2. The summed E-state index contributed by atoms with van der Waals surface area (Å²) in [6.45, 7) is 9.04. The highest BCUT2D eigenvalue weighted by Crippen LogP contribution is 2.47. The van der Waals surface area contributed by atoms with Crippen molar-refractivity contribution in [2.45, 2.75) is 194 Å². The van der Waals surface area contributed by atoms with Crippen molar-refractivity contribution in [3.8, 4) is 22.8 Å². The number of benzene rings is 2. The Bertz CT molecular complexity index is 1580. The van der Waals surface area contributed by atoms with E-state index in [0.29, 0.717) is 11.8 Å². The fourth-order valence-corrected chi connectivity index (χ4v) is 10.2. The molecule has 0 saturated heterocycles. The summed E-state index contributed by atoms with van der Waals surface area (Å²) in [4.78, 5) is 19.0. The monoisotopic (exact) mass is 799 g/mol. The standard InChI is InChI=1S/C54H78N4O/c1-5-9-11-13-15-19-41-21-25-45(26-22-41)51(47-29-33-49(34-30-47)53-55-37-43(17-7-3)38-56-53)59-52(46-27-23-42(24-28-46)20-16-14-12-10-6-2)48-31-35-50(36-32-48)54-57-39-44(18-8-4)40-58-54/h29-42,45-46,51-52H,5-28H2,1-4H3. The van der Waals surface area contributed by atoms with Crippen LogP contribution in [0.5, 0.6) is 0 Å². The van der Waals surface area contributed by atoms with Crippen LogP contribution in [0.2, 0.25) is 0 Å². The summed E-state index contributed by atoms with van der Waals surface area (Å²) in [7, 11) is 0. The molecule has 2 aromatic carbocycles. The largest absolute Gasteiger partial charge is 0.365 e. The molecule has 5 nitrogen and oxygen atoms in total. The molecule has 2 aromatic heterocycles. The number of aromatic nitrogens is 4. The van der Waals surface area contributed by atoms with Crippen LogP contribution in [-0.2, 0) is 17.6 Å². The molecule has 0 radical (unpaired) electrons. The normalized spacial score (nSPS) is 20.7. The zero-order valence-corrected chi connectivity index (χ0v) is 37.6. The molecule has 2 unspecified atom stereocenters. The second kappa shape index (κ2) is 24.7. The van der Waals surface area contributed by atoms with Gasteiger partial charge in [0, 0.05) is 35.9 Å². The lowest BCUT2D eigenvalue weighted by Gasteiger charge is -2.40. The fraction of sp³-hybridized carbons (Fsp3) is 0.630. The van der Waals surface area contributed by atoms with Crippen LogP contribution in [0.15, 0.2) is 73.3 Å². The first-order chi connectivity index (χ1) is 29.1. The minimum absolute atomic E-state index is 0.0535. The molecule has 4 aromatic rings. The molecule has 2 saturated carbocycles. The van der Waals surface area contributed by atoms with Gasteiger partial charge in [-0.1, -0.05) is 192 Å². The maximum atomic E-state index is 7.74. The van der Waals surface area contributed by atoms with Gasteiger partial charge in [0.25, 0.3) is 0 Å². The van der Waals surface area contributed by atoms with Gasteiger partial charge in [-0.25, -0.2) is 19.9 Å². The van der Waals surface area contributed by atoms with Gasteiger partial charge < -0.3 is 4.74 Å². The number of ether oxygens (including phenoxy) is 1. The van der Waals surface area contributed by atoms with Gasteiger partial charge in [-0.3, -0.25) is 0 Å². The quantitative estimate of drug-likeness (QED) is 0.0661. The van der Waals surface area contributed by atoms with Gasteiger partial charge in [-0.2, -0.15) is 0 Å². The number of unbranched alkanes of at least 4 members (excludes halogenated alkanes) is 8. The van der Waals surface area contributed by atoms with E-state index in [1.54, 1.807) is 0 Å². The second-order valence-electron chi connectivity index (χ2n) is 18.5. The minimum atomic E-state index is 0.0535. The number of hydrogen-bond acceptors (Lipinski definition) is 5. The second-order valence-corrected chi connectivity index (χ2v) is 18.5. The van der Waals surface area contributed by atoms with Gasteiger partial charge >= 0.3 is 0 Å². The van der Waals surface area contributed by atoms with E-state index in [-0.39, 0.29) is 12.2 Å². The Morgan fingerprint density at radius 3 is 1.14 bits per heavy atom. The van der Waals surface area contributed by atoms with Crippen LogP contribution >= 0.6 is 0 Å². The molecular formula is C54H78N4O. The average molecular weight is 799 g/mol. The average Bonchev–Trinajstić information content (AvgIpc) is 3.28. The van der Waals surface area contributed by atoms with Crippen LogP contribution in [0.3, 0.4) is 0 Å². The number of hydrogen-bond donors (Lipinski definition) is 0. The SMILES string of the molecule is CCCCCCCC1CCC(C(OC(c2ccc(-c3ncc(CCC)cn3)cc2)C2CCC(CCCCCCC)CC2)c2ccc(-c3ncc(CCC)cn3)cc2)CC1. The van der Waals surface area contributed by atoms with Crippen molar-refractivity contribution in [1.29, 1.82) is 0 Å². The highest BCUT2D eigenvalue weighted by Gasteiger charge is 2.36. The summed E-state index contributed by atoms with van der Waals surface area (Å²) >= 11 is 0. The summed E-state index contributed by atoms with van der Waals surface area (Å²) < 4.78 is 7.74. The van der Waals surface area contributed by atoms with E-state index in [4.69, 9.17) is 24.7 Å². The van der Waals surface area contributed by atoms with E-state index in [2.05, 4.69) is 76.2 Å². The van der Waals surface area contributed by atoms with Gasteiger partial charge in [0.05, 0.1) is 12.2 Å².